The van der Waals surface area contributed by atoms with E-state index < -0.39 is 48.3 Å². The SMILES string of the molecule is Cc1cc(-c2cc(F)cc(F)c2)ccc1[C@@H](O)[C@H]1OC(COCc2ccccc2)[C@@H](OCc2ccccc2)C(OCc2ccccc2)C1OCc1ccccc1. The van der Waals surface area contributed by atoms with Crippen LogP contribution in [0, 0.1) is 18.6 Å². The molecule has 1 saturated heterocycles. The van der Waals surface area contributed by atoms with E-state index >= 15 is 0 Å². The van der Waals surface area contributed by atoms with E-state index in [1.807, 2.05) is 134 Å². The summed E-state index contributed by atoms with van der Waals surface area (Å²) in [7, 11) is 0. The molecule has 6 atom stereocenters. The summed E-state index contributed by atoms with van der Waals surface area (Å²) in [6.45, 7) is 3.14. The zero-order valence-electron chi connectivity index (χ0n) is 31.3. The lowest BCUT2D eigenvalue weighted by atomic mass is 9.87. The topological polar surface area (TPSA) is 66.4 Å². The summed E-state index contributed by atoms with van der Waals surface area (Å²) >= 11 is 0. The van der Waals surface area contributed by atoms with Crippen molar-refractivity contribution in [2.45, 2.75) is 70.0 Å². The molecule has 288 valence electrons. The molecule has 0 bridgehead atoms. The van der Waals surface area contributed by atoms with E-state index in [9.17, 15) is 13.9 Å². The Morgan fingerprint density at radius 3 is 1.50 bits per heavy atom. The average molecular weight is 757 g/mol. The number of halogens is 2. The van der Waals surface area contributed by atoms with Gasteiger partial charge in [0.1, 0.15) is 48.3 Å². The Balaban J connectivity index is 1.25. The minimum absolute atomic E-state index is 0.150. The van der Waals surface area contributed by atoms with Crippen LogP contribution in [0.5, 0.6) is 0 Å². The molecule has 0 radical (unpaired) electrons. The summed E-state index contributed by atoms with van der Waals surface area (Å²) in [6, 6.07) is 48.3. The third-order valence-electron chi connectivity index (χ3n) is 10.0. The standard InChI is InChI=1S/C48H46F2O6/c1-33-24-38(39-25-40(49)27-41(50)26-39)22-23-42(33)44(51)46-48(55-31-37-20-12-5-13-21-37)47(54-30-36-18-10-4-11-19-36)45(53-29-35-16-8-3-9-17-35)43(56-46)32-52-28-34-14-6-2-7-15-34/h2-27,43-48,51H,28-32H2,1H3/t43?,44-,45-,46-,47?,48?/m1/s1. The van der Waals surface area contributed by atoms with Crippen molar-refractivity contribution in [3.63, 3.8) is 0 Å². The summed E-state index contributed by atoms with van der Waals surface area (Å²) in [5.41, 5.74) is 6.21. The van der Waals surface area contributed by atoms with Gasteiger partial charge in [0, 0.05) is 6.07 Å². The Labute approximate surface area is 327 Å². The second-order valence-electron chi connectivity index (χ2n) is 14.1. The zero-order valence-corrected chi connectivity index (χ0v) is 31.3. The molecule has 1 heterocycles. The Bertz CT molecular complexity index is 2080. The minimum atomic E-state index is -1.19. The quantitative estimate of drug-likeness (QED) is 0.106. The number of aryl methyl sites for hydroxylation is 1. The lowest BCUT2D eigenvalue weighted by Gasteiger charge is -2.47. The van der Waals surface area contributed by atoms with E-state index in [0.29, 0.717) is 28.9 Å². The van der Waals surface area contributed by atoms with Gasteiger partial charge in [0.25, 0.3) is 0 Å². The fourth-order valence-electron chi connectivity index (χ4n) is 7.16. The van der Waals surface area contributed by atoms with Crippen LogP contribution in [0.2, 0.25) is 0 Å². The van der Waals surface area contributed by atoms with Gasteiger partial charge in [-0.3, -0.25) is 0 Å². The summed E-state index contributed by atoms with van der Waals surface area (Å²) < 4.78 is 62.0. The zero-order chi connectivity index (χ0) is 38.7. The summed E-state index contributed by atoms with van der Waals surface area (Å²) in [6.07, 6.45) is -4.98. The Hall–Kier alpha value is -5.06. The third-order valence-corrected chi connectivity index (χ3v) is 10.0. The minimum Gasteiger partial charge on any atom is -0.386 e. The van der Waals surface area contributed by atoms with Crippen molar-refractivity contribution in [3.8, 4) is 11.1 Å². The number of benzene rings is 6. The molecule has 1 fully saturated rings. The third kappa shape index (κ3) is 10.2. The fraction of sp³-hybridized carbons (Fsp3) is 0.250. The summed E-state index contributed by atoms with van der Waals surface area (Å²) in [5, 5.41) is 12.4. The van der Waals surface area contributed by atoms with E-state index in [1.165, 1.54) is 12.1 Å². The first kappa shape index (κ1) is 39.2. The number of rotatable bonds is 16. The van der Waals surface area contributed by atoms with Crippen LogP contribution in [-0.4, -0.2) is 42.2 Å². The van der Waals surface area contributed by atoms with Crippen molar-refractivity contribution in [2.75, 3.05) is 6.61 Å². The molecule has 0 saturated carbocycles. The largest absolute Gasteiger partial charge is 0.386 e. The highest BCUT2D eigenvalue weighted by Gasteiger charge is 2.51. The van der Waals surface area contributed by atoms with E-state index in [-0.39, 0.29) is 26.4 Å². The van der Waals surface area contributed by atoms with Crippen molar-refractivity contribution in [3.05, 3.63) is 203 Å². The van der Waals surface area contributed by atoms with Crippen LogP contribution < -0.4 is 0 Å². The number of aliphatic hydroxyl groups excluding tert-OH is 1. The van der Waals surface area contributed by atoms with Gasteiger partial charge in [0.05, 0.1) is 33.0 Å². The lowest BCUT2D eigenvalue weighted by molar-refractivity contribution is -0.287. The Morgan fingerprint density at radius 1 is 0.536 bits per heavy atom. The van der Waals surface area contributed by atoms with E-state index in [2.05, 4.69) is 0 Å². The molecule has 0 aliphatic carbocycles. The highest BCUT2D eigenvalue weighted by molar-refractivity contribution is 5.65. The van der Waals surface area contributed by atoms with Crippen molar-refractivity contribution in [1.82, 2.24) is 0 Å². The van der Waals surface area contributed by atoms with Crippen LogP contribution in [0.4, 0.5) is 8.78 Å². The highest BCUT2D eigenvalue weighted by Crippen LogP contribution is 2.38. The number of hydrogen-bond acceptors (Lipinski definition) is 6. The molecule has 7 rings (SSSR count). The molecule has 0 spiro atoms. The van der Waals surface area contributed by atoms with Gasteiger partial charge in [0.15, 0.2) is 0 Å². The molecule has 6 nitrogen and oxygen atoms in total. The first-order chi connectivity index (χ1) is 27.4. The normalized spacial score (nSPS) is 20.1. The van der Waals surface area contributed by atoms with Crippen LogP contribution in [-0.2, 0) is 50.1 Å². The maximum atomic E-state index is 14.2. The second-order valence-corrected chi connectivity index (χ2v) is 14.1. The molecule has 0 aromatic heterocycles. The first-order valence-corrected chi connectivity index (χ1v) is 18.9. The number of aliphatic hydroxyl groups is 1. The molecule has 0 amide bonds. The molecule has 3 unspecified atom stereocenters. The van der Waals surface area contributed by atoms with Crippen molar-refractivity contribution in [2.24, 2.45) is 0 Å². The molecule has 1 aliphatic rings. The van der Waals surface area contributed by atoms with Crippen LogP contribution in [0.1, 0.15) is 39.5 Å². The smallest absolute Gasteiger partial charge is 0.126 e. The number of hydrogen-bond donors (Lipinski definition) is 1. The fourth-order valence-corrected chi connectivity index (χ4v) is 7.16. The number of ether oxygens (including phenoxy) is 5. The molecule has 1 aliphatic heterocycles. The molecule has 8 heteroatoms. The average Bonchev–Trinajstić information content (AvgIpc) is 3.22. The van der Waals surface area contributed by atoms with E-state index in [4.69, 9.17) is 23.7 Å². The van der Waals surface area contributed by atoms with Gasteiger partial charge < -0.3 is 28.8 Å². The predicted octanol–water partition coefficient (Wildman–Crippen LogP) is 9.71. The molecular weight excluding hydrogens is 711 g/mol. The van der Waals surface area contributed by atoms with Gasteiger partial charge in [0.2, 0.25) is 0 Å². The second kappa shape index (κ2) is 19.2. The highest BCUT2D eigenvalue weighted by atomic mass is 19.1. The van der Waals surface area contributed by atoms with Gasteiger partial charge >= 0.3 is 0 Å². The van der Waals surface area contributed by atoms with Gasteiger partial charge in [-0.2, -0.15) is 0 Å². The van der Waals surface area contributed by atoms with Crippen LogP contribution in [0.25, 0.3) is 11.1 Å². The van der Waals surface area contributed by atoms with E-state index in [0.717, 1.165) is 28.3 Å². The lowest BCUT2D eigenvalue weighted by Crippen LogP contribution is -2.62. The van der Waals surface area contributed by atoms with Gasteiger partial charge in [-0.15, -0.1) is 0 Å². The first-order valence-electron chi connectivity index (χ1n) is 18.9. The van der Waals surface area contributed by atoms with Gasteiger partial charge in [-0.1, -0.05) is 140 Å². The summed E-state index contributed by atoms with van der Waals surface area (Å²) in [4.78, 5) is 0. The van der Waals surface area contributed by atoms with Crippen molar-refractivity contribution >= 4 is 0 Å². The maximum Gasteiger partial charge on any atom is 0.126 e. The molecule has 6 aromatic carbocycles. The van der Waals surface area contributed by atoms with Crippen LogP contribution in [0.3, 0.4) is 0 Å². The Kier molecular flexibility index (Phi) is 13.4. The van der Waals surface area contributed by atoms with Crippen molar-refractivity contribution < 1.29 is 37.6 Å². The molecular formula is C48H46F2O6. The Morgan fingerprint density at radius 2 is 1.00 bits per heavy atom. The monoisotopic (exact) mass is 756 g/mol. The van der Waals surface area contributed by atoms with Crippen molar-refractivity contribution in [1.29, 1.82) is 0 Å². The van der Waals surface area contributed by atoms with Gasteiger partial charge in [-0.05, 0) is 63.6 Å². The molecule has 56 heavy (non-hydrogen) atoms. The van der Waals surface area contributed by atoms with E-state index in [1.54, 1.807) is 12.1 Å². The van der Waals surface area contributed by atoms with Crippen LogP contribution in [0.15, 0.2) is 158 Å². The predicted molar refractivity (Wildman–Crippen MR) is 211 cm³/mol. The summed E-state index contributed by atoms with van der Waals surface area (Å²) in [5.74, 6) is -1.33. The molecule has 1 N–H and O–H groups in total. The van der Waals surface area contributed by atoms with Gasteiger partial charge in [-0.25, -0.2) is 8.78 Å². The molecule has 6 aromatic rings. The van der Waals surface area contributed by atoms with Crippen LogP contribution >= 0.6 is 0 Å². The maximum absolute atomic E-state index is 14.2.